The molecule has 4 nitrogen and oxygen atoms in total. The zero-order valence-corrected chi connectivity index (χ0v) is 11.5. The van der Waals surface area contributed by atoms with Gasteiger partial charge in [-0.2, -0.15) is 13.2 Å². The summed E-state index contributed by atoms with van der Waals surface area (Å²) in [6.45, 7) is 2.06. The molecule has 8 heteroatoms. The second-order valence-corrected chi connectivity index (χ2v) is 6.25. The molecule has 1 aromatic rings. The maximum Gasteiger partial charge on any atom is 0.443 e. The first-order valence-electron chi connectivity index (χ1n) is 6.48. The number of halogens is 3. The number of nitrogens with zero attached hydrogens (tertiary/aromatic N) is 2. The number of carbonyl (C=O) groups excluding carboxylic acids is 1. The van der Waals surface area contributed by atoms with Gasteiger partial charge in [-0.05, 0) is 32.4 Å². The van der Waals surface area contributed by atoms with E-state index in [0.29, 0.717) is 29.3 Å². The number of anilines is 1. The van der Waals surface area contributed by atoms with Crippen molar-refractivity contribution in [1.29, 1.82) is 0 Å². The van der Waals surface area contributed by atoms with E-state index in [1.54, 1.807) is 0 Å². The Morgan fingerprint density at radius 1 is 1.30 bits per heavy atom. The lowest BCUT2D eigenvalue weighted by molar-refractivity contribution is -0.137. The summed E-state index contributed by atoms with van der Waals surface area (Å²) in [6.07, 6.45) is -1.06. The van der Waals surface area contributed by atoms with E-state index in [2.05, 4.69) is 10.3 Å². The first-order valence-corrected chi connectivity index (χ1v) is 7.30. The number of aromatic nitrogens is 1. The van der Waals surface area contributed by atoms with E-state index in [0.717, 1.165) is 32.1 Å². The molecule has 1 amide bonds. The monoisotopic (exact) mass is 305 g/mol. The predicted octanol–water partition coefficient (Wildman–Crippen LogP) is 2.27. The van der Waals surface area contributed by atoms with Gasteiger partial charge in [0.05, 0.1) is 11.6 Å². The van der Waals surface area contributed by atoms with Crippen LogP contribution in [-0.2, 0) is 11.0 Å². The molecular formula is C12H14F3N3OS. The third kappa shape index (κ3) is 2.20. The van der Waals surface area contributed by atoms with E-state index in [1.165, 1.54) is 4.90 Å². The third-order valence-electron chi connectivity index (χ3n) is 4.08. The summed E-state index contributed by atoms with van der Waals surface area (Å²) in [4.78, 5) is 17.4. The molecule has 2 aliphatic heterocycles. The average Bonchev–Trinajstić information content (AvgIpc) is 2.98. The largest absolute Gasteiger partial charge is 0.443 e. The molecule has 2 fully saturated rings. The van der Waals surface area contributed by atoms with Gasteiger partial charge in [-0.1, -0.05) is 11.3 Å². The molecule has 1 spiro atoms. The number of carbonyl (C=O) groups is 1. The Morgan fingerprint density at radius 2 is 2.00 bits per heavy atom. The Hall–Kier alpha value is -1.15. The molecule has 0 atom stereocenters. The molecule has 0 unspecified atom stereocenters. The lowest BCUT2D eigenvalue weighted by Crippen LogP contribution is -2.42. The van der Waals surface area contributed by atoms with Gasteiger partial charge >= 0.3 is 6.18 Å². The molecule has 1 N–H and O–H groups in total. The van der Waals surface area contributed by atoms with Crippen LogP contribution in [-0.4, -0.2) is 30.5 Å². The standard InChI is InChI=1S/C12H14F3N3OS/c13-12(14,15)9-17-7-8(20-9)18-6-3-11(10(18)19)1-4-16-5-2-11/h7,16H,1-6H2. The average molecular weight is 305 g/mol. The lowest BCUT2D eigenvalue weighted by atomic mass is 9.78. The van der Waals surface area contributed by atoms with Crippen molar-refractivity contribution in [2.45, 2.75) is 25.4 Å². The topological polar surface area (TPSA) is 45.2 Å². The Bertz CT molecular complexity index is 522. The number of piperidine rings is 1. The minimum Gasteiger partial charge on any atom is -0.317 e. The normalized spacial score (nSPS) is 22.8. The molecule has 0 bridgehead atoms. The van der Waals surface area contributed by atoms with E-state index in [1.807, 2.05) is 0 Å². The highest BCUT2D eigenvalue weighted by molar-refractivity contribution is 7.16. The van der Waals surface area contributed by atoms with Crippen LogP contribution in [0, 0.1) is 5.41 Å². The van der Waals surface area contributed by atoms with Crippen molar-refractivity contribution in [3.63, 3.8) is 0 Å². The highest BCUT2D eigenvalue weighted by Crippen LogP contribution is 2.44. The number of thiazole rings is 1. The van der Waals surface area contributed by atoms with Crippen LogP contribution >= 0.6 is 11.3 Å². The Labute approximate surface area is 118 Å². The molecule has 20 heavy (non-hydrogen) atoms. The summed E-state index contributed by atoms with van der Waals surface area (Å²) in [5, 5.41) is 2.61. The van der Waals surface area contributed by atoms with Crippen LogP contribution in [0.15, 0.2) is 6.20 Å². The van der Waals surface area contributed by atoms with E-state index in [4.69, 9.17) is 0 Å². The minimum atomic E-state index is -4.45. The van der Waals surface area contributed by atoms with Crippen LogP contribution in [0.3, 0.4) is 0 Å². The number of nitrogens with one attached hydrogen (secondary N) is 1. The Balaban J connectivity index is 1.82. The van der Waals surface area contributed by atoms with Crippen LogP contribution in [0.25, 0.3) is 0 Å². The Kier molecular flexibility index (Phi) is 3.24. The number of hydrogen-bond donors (Lipinski definition) is 1. The first-order chi connectivity index (χ1) is 9.42. The fourth-order valence-electron chi connectivity index (χ4n) is 2.92. The molecule has 0 aliphatic carbocycles. The quantitative estimate of drug-likeness (QED) is 0.866. The summed E-state index contributed by atoms with van der Waals surface area (Å²) in [7, 11) is 0. The van der Waals surface area contributed by atoms with Gasteiger partial charge in [-0.3, -0.25) is 4.79 Å². The van der Waals surface area contributed by atoms with E-state index in [-0.39, 0.29) is 11.3 Å². The van der Waals surface area contributed by atoms with Crippen molar-refractivity contribution in [3.05, 3.63) is 11.2 Å². The van der Waals surface area contributed by atoms with Gasteiger partial charge in [0.2, 0.25) is 5.91 Å². The molecule has 3 rings (SSSR count). The van der Waals surface area contributed by atoms with Crippen LogP contribution in [0.5, 0.6) is 0 Å². The molecule has 0 radical (unpaired) electrons. The maximum absolute atomic E-state index is 12.6. The molecule has 0 aromatic carbocycles. The maximum atomic E-state index is 12.6. The fourth-order valence-corrected chi connectivity index (χ4v) is 3.73. The van der Waals surface area contributed by atoms with Crippen molar-refractivity contribution in [2.75, 3.05) is 24.5 Å². The number of rotatable bonds is 1. The zero-order chi connectivity index (χ0) is 14.4. The van der Waals surface area contributed by atoms with Gasteiger partial charge in [0, 0.05) is 6.54 Å². The van der Waals surface area contributed by atoms with Crippen molar-refractivity contribution < 1.29 is 18.0 Å². The number of hydrogen-bond acceptors (Lipinski definition) is 4. The summed E-state index contributed by atoms with van der Waals surface area (Å²) < 4.78 is 37.7. The molecule has 2 aliphatic rings. The van der Waals surface area contributed by atoms with Gasteiger partial charge in [0.1, 0.15) is 5.00 Å². The molecule has 110 valence electrons. The van der Waals surface area contributed by atoms with Crippen molar-refractivity contribution in [3.8, 4) is 0 Å². The number of amides is 1. The molecule has 1 aromatic heterocycles. The van der Waals surface area contributed by atoms with Crippen molar-refractivity contribution in [2.24, 2.45) is 5.41 Å². The van der Waals surface area contributed by atoms with Gasteiger partial charge in [-0.15, -0.1) is 0 Å². The second kappa shape index (κ2) is 4.70. The zero-order valence-electron chi connectivity index (χ0n) is 10.7. The smallest absolute Gasteiger partial charge is 0.317 e. The van der Waals surface area contributed by atoms with Gasteiger partial charge in [0.15, 0.2) is 5.01 Å². The number of alkyl halides is 3. The summed E-state index contributed by atoms with van der Waals surface area (Å²) in [5.74, 6) is -0.0450. The fraction of sp³-hybridized carbons (Fsp3) is 0.667. The van der Waals surface area contributed by atoms with Crippen molar-refractivity contribution >= 4 is 22.2 Å². The summed E-state index contributed by atoms with van der Waals surface area (Å²) in [5.41, 5.74) is -0.381. The third-order valence-corrected chi connectivity index (χ3v) is 5.14. The summed E-state index contributed by atoms with van der Waals surface area (Å²) >= 11 is 0.542. The van der Waals surface area contributed by atoms with Gasteiger partial charge < -0.3 is 10.2 Å². The minimum absolute atomic E-state index is 0.0450. The summed E-state index contributed by atoms with van der Waals surface area (Å²) in [6, 6.07) is 0. The Morgan fingerprint density at radius 3 is 2.60 bits per heavy atom. The van der Waals surface area contributed by atoms with Crippen LogP contribution in [0.2, 0.25) is 0 Å². The first kappa shape index (κ1) is 13.8. The highest BCUT2D eigenvalue weighted by atomic mass is 32.1. The van der Waals surface area contributed by atoms with Crippen molar-refractivity contribution in [1.82, 2.24) is 10.3 Å². The molecule has 0 saturated carbocycles. The van der Waals surface area contributed by atoms with Gasteiger partial charge in [0.25, 0.3) is 0 Å². The van der Waals surface area contributed by atoms with E-state index in [9.17, 15) is 18.0 Å². The lowest BCUT2D eigenvalue weighted by Gasteiger charge is -2.31. The molecular weight excluding hydrogens is 291 g/mol. The SMILES string of the molecule is O=C1N(c2cnc(C(F)(F)F)s2)CCC12CCNCC2. The molecule has 3 heterocycles. The van der Waals surface area contributed by atoms with E-state index >= 15 is 0 Å². The predicted molar refractivity (Wildman–Crippen MR) is 68.6 cm³/mol. The molecule has 2 saturated heterocycles. The van der Waals surface area contributed by atoms with E-state index < -0.39 is 11.2 Å². The van der Waals surface area contributed by atoms with Gasteiger partial charge in [-0.25, -0.2) is 4.98 Å². The van der Waals surface area contributed by atoms with Crippen LogP contribution in [0.1, 0.15) is 24.3 Å². The van der Waals surface area contributed by atoms with Crippen LogP contribution < -0.4 is 10.2 Å². The van der Waals surface area contributed by atoms with Crippen LogP contribution in [0.4, 0.5) is 18.2 Å². The highest BCUT2D eigenvalue weighted by Gasteiger charge is 2.48. The second-order valence-electron chi connectivity index (χ2n) is 5.24.